The first-order valence-electron chi connectivity index (χ1n) is 6.52. The number of fused-ring (bicyclic) bond motifs is 1. The van der Waals surface area contributed by atoms with Crippen LogP contribution in [0.25, 0.3) is 6.08 Å². The van der Waals surface area contributed by atoms with E-state index in [2.05, 4.69) is 5.32 Å². The van der Waals surface area contributed by atoms with Gasteiger partial charge in [-0.05, 0) is 44.5 Å². The minimum Gasteiger partial charge on any atom is -0.504 e. The summed E-state index contributed by atoms with van der Waals surface area (Å²) in [6.45, 7) is 5.52. The number of hydrogen-bond acceptors (Lipinski definition) is 5. The fourth-order valence-electron chi connectivity index (χ4n) is 1.78. The number of amides is 1. The lowest BCUT2D eigenvalue weighted by molar-refractivity contribution is 0.0635. The summed E-state index contributed by atoms with van der Waals surface area (Å²) in [7, 11) is 1.56. The van der Waals surface area contributed by atoms with E-state index in [4.69, 9.17) is 18.9 Å². The molecule has 0 saturated heterocycles. The van der Waals surface area contributed by atoms with Gasteiger partial charge in [0.1, 0.15) is 5.60 Å². The molecule has 6 nitrogen and oxygen atoms in total. The molecule has 0 unspecified atom stereocenters. The molecule has 2 rings (SSSR count). The first-order chi connectivity index (χ1) is 9.89. The zero-order valence-electron chi connectivity index (χ0n) is 12.6. The molecule has 1 aromatic rings. The smallest absolute Gasteiger partial charge is 0.412 e. The van der Waals surface area contributed by atoms with Crippen molar-refractivity contribution in [3.05, 3.63) is 24.0 Å². The van der Waals surface area contributed by atoms with Crippen molar-refractivity contribution in [1.29, 1.82) is 0 Å². The normalized spacial score (nSPS) is 13.3. The van der Waals surface area contributed by atoms with E-state index in [0.29, 0.717) is 17.2 Å². The molecule has 1 aromatic carbocycles. The summed E-state index contributed by atoms with van der Waals surface area (Å²) >= 11 is 0. The molecule has 0 aliphatic carbocycles. The van der Waals surface area contributed by atoms with E-state index in [1.54, 1.807) is 46.1 Å². The summed E-state index contributed by atoms with van der Waals surface area (Å²) in [4.78, 5) is 11.9. The van der Waals surface area contributed by atoms with Gasteiger partial charge >= 0.3 is 6.09 Å². The molecule has 1 amide bonds. The van der Waals surface area contributed by atoms with Gasteiger partial charge in [-0.3, -0.25) is 5.32 Å². The molecule has 0 atom stereocenters. The zero-order valence-corrected chi connectivity index (χ0v) is 12.6. The molecule has 114 valence electrons. The Labute approximate surface area is 123 Å². The fraction of sp³-hybridized carbons (Fsp3) is 0.400. The van der Waals surface area contributed by atoms with E-state index < -0.39 is 11.7 Å². The summed E-state index contributed by atoms with van der Waals surface area (Å²) < 4.78 is 20.8. The number of methoxy groups -OCH3 is 1. The molecule has 0 saturated carbocycles. The first kappa shape index (κ1) is 15.0. The number of anilines is 1. The molecule has 0 radical (unpaired) electrons. The predicted molar refractivity (Wildman–Crippen MR) is 78.5 cm³/mol. The molecule has 6 heteroatoms. The van der Waals surface area contributed by atoms with E-state index in [9.17, 15) is 4.79 Å². The first-order valence-corrected chi connectivity index (χ1v) is 6.52. The molecule has 21 heavy (non-hydrogen) atoms. The molecule has 0 spiro atoms. The van der Waals surface area contributed by atoms with E-state index in [0.717, 1.165) is 5.56 Å². The molecule has 1 aliphatic heterocycles. The highest BCUT2D eigenvalue weighted by molar-refractivity contribution is 5.89. The lowest BCUT2D eigenvalue weighted by atomic mass is 10.1. The van der Waals surface area contributed by atoms with Crippen LogP contribution in [-0.2, 0) is 9.47 Å². The summed E-state index contributed by atoms with van der Waals surface area (Å²) in [6, 6.07) is 3.56. The molecule has 1 N–H and O–H groups in total. The molecule has 0 bridgehead atoms. The van der Waals surface area contributed by atoms with Crippen LogP contribution >= 0.6 is 0 Å². The van der Waals surface area contributed by atoms with Crippen LogP contribution in [-0.4, -0.2) is 25.6 Å². The number of carbonyl (C=O) groups is 1. The number of benzene rings is 1. The average molecular weight is 293 g/mol. The van der Waals surface area contributed by atoms with E-state index in [1.165, 1.54) is 6.26 Å². The molecule has 0 aromatic heterocycles. The molecular weight excluding hydrogens is 274 g/mol. The Balaban J connectivity index is 2.23. The van der Waals surface area contributed by atoms with Gasteiger partial charge in [0.25, 0.3) is 0 Å². The maximum atomic E-state index is 11.9. The third-order valence-corrected chi connectivity index (χ3v) is 2.53. The van der Waals surface area contributed by atoms with Gasteiger partial charge in [-0.25, -0.2) is 4.79 Å². The summed E-state index contributed by atoms with van der Waals surface area (Å²) in [5.74, 6) is 1.06. The number of rotatable bonds is 3. The third-order valence-electron chi connectivity index (χ3n) is 2.53. The van der Waals surface area contributed by atoms with Gasteiger partial charge in [-0.15, -0.1) is 0 Å². The monoisotopic (exact) mass is 293 g/mol. The second-order valence-electron chi connectivity index (χ2n) is 5.47. The number of nitrogens with one attached hydrogen (secondary N) is 1. The molecule has 1 heterocycles. The Bertz CT molecular complexity index is 560. The largest absolute Gasteiger partial charge is 0.504 e. The zero-order chi connectivity index (χ0) is 15.5. The van der Waals surface area contributed by atoms with Crippen molar-refractivity contribution in [3.63, 3.8) is 0 Å². The lowest BCUT2D eigenvalue weighted by Gasteiger charge is -2.20. The predicted octanol–water partition coefficient (Wildman–Crippen LogP) is 3.38. The van der Waals surface area contributed by atoms with Crippen LogP contribution in [0.1, 0.15) is 26.3 Å². The topological polar surface area (TPSA) is 66.0 Å². The highest BCUT2D eigenvalue weighted by Gasteiger charge is 2.22. The molecule has 1 aliphatic rings. The van der Waals surface area contributed by atoms with Crippen LogP contribution in [0.15, 0.2) is 18.4 Å². The Kier molecular flexibility index (Phi) is 4.26. The highest BCUT2D eigenvalue weighted by Crippen LogP contribution is 2.40. The van der Waals surface area contributed by atoms with Crippen molar-refractivity contribution >= 4 is 17.9 Å². The van der Waals surface area contributed by atoms with Gasteiger partial charge in [0, 0.05) is 0 Å². The Morgan fingerprint density at radius 2 is 2.10 bits per heavy atom. The summed E-state index contributed by atoms with van der Waals surface area (Å²) in [5, 5.41) is 2.67. The second kappa shape index (κ2) is 5.95. The fourth-order valence-corrected chi connectivity index (χ4v) is 1.78. The van der Waals surface area contributed by atoms with Crippen LogP contribution < -0.4 is 14.8 Å². The minimum atomic E-state index is -0.571. The van der Waals surface area contributed by atoms with Crippen molar-refractivity contribution in [3.8, 4) is 11.5 Å². The molecule has 0 fully saturated rings. The van der Waals surface area contributed by atoms with Gasteiger partial charge in [0.2, 0.25) is 6.79 Å². The van der Waals surface area contributed by atoms with Gasteiger partial charge in [-0.1, -0.05) is 0 Å². The quantitative estimate of drug-likeness (QED) is 0.865. The average Bonchev–Trinajstić information content (AvgIpc) is 2.82. The van der Waals surface area contributed by atoms with Crippen molar-refractivity contribution in [2.45, 2.75) is 26.4 Å². The standard InChI is InChI=1S/C15H19NO5/c1-15(2,3)21-14(17)16-11-7-10(5-6-18-4)8-12-13(11)20-9-19-12/h5-8H,9H2,1-4H3,(H,16,17). The van der Waals surface area contributed by atoms with E-state index in [1.807, 2.05) is 0 Å². The Morgan fingerprint density at radius 1 is 1.33 bits per heavy atom. The van der Waals surface area contributed by atoms with E-state index >= 15 is 0 Å². The van der Waals surface area contributed by atoms with Crippen molar-refractivity contribution in [2.24, 2.45) is 0 Å². The van der Waals surface area contributed by atoms with Crippen LogP contribution in [0, 0.1) is 0 Å². The maximum Gasteiger partial charge on any atom is 0.412 e. The summed E-state index contributed by atoms with van der Waals surface area (Å²) in [6.07, 6.45) is 2.74. The maximum absolute atomic E-state index is 11.9. The third kappa shape index (κ3) is 4.05. The second-order valence-corrected chi connectivity index (χ2v) is 5.47. The SMILES string of the molecule is COC=Cc1cc(NC(=O)OC(C)(C)C)c2c(c1)OCO2. The van der Waals surface area contributed by atoms with Crippen LogP contribution in [0.3, 0.4) is 0 Å². The summed E-state index contributed by atoms with van der Waals surface area (Å²) in [5.41, 5.74) is 0.736. The highest BCUT2D eigenvalue weighted by atomic mass is 16.7. The van der Waals surface area contributed by atoms with Crippen molar-refractivity contribution < 1.29 is 23.7 Å². The lowest BCUT2D eigenvalue weighted by Crippen LogP contribution is -2.27. The van der Waals surface area contributed by atoms with Crippen molar-refractivity contribution in [2.75, 3.05) is 19.2 Å². The van der Waals surface area contributed by atoms with E-state index in [-0.39, 0.29) is 6.79 Å². The molecular formula is C15H19NO5. The number of hydrogen-bond donors (Lipinski definition) is 1. The minimum absolute atomic E-state index is 0.121. The van der Waals surface area contributed by atoms with Gasteiger partial charge < -0.3 is 18.9 Å². The Hall–Kier alpha value is -2.37. The van der Waals surface area contributed by atoms with Crippen LogP contribution in [0.4, 0.5) is 10.5 Å². The van der Waals surface area contributed by atoms with Gasteiger partial charge in [0.05, 0.1) is 19.1 Å². The van der Waals surface area contributed by atoms with Crippen molar-refractivity contribution in [1.82, 2.24) is 0 Å². The Morgan fingerprint density at radius 3 is 2.76 bits per heavy atom. The van der Waals surface area contributed by atoms with Crippen LogP contribution in [0.5, 0.6) is 11.5 Å². The number of carbonyl (C=O) groups excluding carboxylic acids is 1. The van der Waals surface area contributed by atoms with Gasteiger partial charge in [0.15, 0.2) is 11.5 Å². The van der Waals surface area contributed by atoms with Crippen LogP contribution in [0.2, 0.25) is 0 Å². The van der Waals surface area contributed by atoms with Gasteiger partial charge in [-0.2, -0.15) is 0 Å². The number of ether oxygens (including phenoxy) is 4.